The largest absolute Gasteiger partial charge is 0.320 e. The number of rotatable bonds is 3. The van der Waals surface area contributed by atoms with Crippen LogP contribution in [0.1, 0.15) is 9.80 Å². The molecule has 1 aromatic carbocycles. The Balaban J connectivity index is 2.09. The van der Waals surface area contributed by atoms with Crippen LogP contribution in [0.15, 0.2) is 34.7 Å². The Kier molecular flexibility index (Phi) is 3.53. The van der Waals surface area contributed by atoms with E-state index in [1.807, 2.05) is 36.6 Å². The van der Waals surface area contributed by atoms with E-state index >= 15 is 0 Å². The van der Waals surface area contributed by atoms with Crippen LogP contribution >= 0.6 is 23.1 Å². The van der Waals surface area contributed by atoms with Crippen LogP contribution in [0, 0.1) is 0 Å². The summed E-state index contributed by atoms with van der Waals surface area (Å²) >= 11 is 2.77. The van der Waals surface area contributed by atoms with Gasteiger partial charge in [0.05, 0.1) is 0 Å². The van der Waals surface area contributed by atoms with Crippen molar-refractivity contribution in [2.45, 2.75) is 4.34 Å². The van der Waals surface area contributed by atoms with Crippen LogP contribution in [-0.4, -0.2) is 22.4 Å². The number of hydrogen-bond acceptors (Lipinski definition) is 5. The minimum Gasteiger partial charge on any atom is -0.320 e. The molecule has 6 heteroatoms. The average Bonchev–Trinajstić information content (AvgIpc) is 2.79. The number of thioether (sulfide) groups is 1. The SMILES string of the molecule is CSc1nnc(C(=O)Nc2ccccc2)s1. The molecule has 2 rings (SSSR count). The molecule has 0 saturated heterocycles. The lowest BCUT2D eigenvalue weighted by Gasteiger charge is -2.00. The quantitative estimate of drug-likeness (QED) is 0.852. The topological polar surface area (TPSA) is 54.9 Å². The summed E-state index contributed by atoms with van der Waals surface area (Å²) in [6, 6.07) is 9.28. The first-order chi connectivity index (χ1) is 7.79. The molecule has 4 nitrogen and oxygen atoms in total. The molecule has 82 valence electrons. The zero-order valence-electron chi connectivity index (χ0n) is 8.51. The molecule has 0 atom stereocenters. The fourth-order valence-corrected chi connectivity index (χ4v) is 2.26. The Hall–Kier alpha value is -1.40. The van der Waals surface area contributed by atoms with E-state index in [2.05, 4.69) is 15.5 Å². The van der Waals surface area contributed by atoms with Crippen LogP contribution in [-0.2, 0) is 0 Å². The van der Waals surface area contributed by atoms with E-state index in [4.69, 9.17) is 0 Å². The molecule has 1 amide bonds. The normalized spacial score (nSPS) is 10.1. The van der Waals surface area contributed by atoms with E-state index in [0.717, 1.165) is 10.0 Å². The van der Waals surface area contributed by atoms with Gasteiger partial charge in [0.25, 0.3) is 5.91 Å². The summed E-state index contributed by atoms with van der Waals surface area (Å²) in [6.45, 7) is 0. The maximum absolute atomic E-state index is 11.7. The number of aromatic nitrogens is 2. The average molecular weight is 251 g/mol. The van der Waals surface area contributed by atoms with Gasteiger partial charge in [-0.1, -0.05) is 41.3 Å². The molecule has 0 fully saturated rings. The first kappa shape index (κ1) is 11.1. The van der Waals surface area contributed by atoms with E-state index in [9.17, 15) is 4.79 Å². The second-order valence-corrected chi connectivity index (χ2v) is 4.93. The molecular weight excluding hydrogens is 242 g/mol. The molecule has 0 spiro atoms. The van der Waals surface area contributed by atoms with Gasteiger partial charge in [0, 0.05) is 5.69 Å². The predicted octanol–water partition coefficient (Wildman–Crippen LogP) is 2.51. The van der Waals surface area contributed by atoms with Crippen LogP contribution in [0.4, 0.5) is 5.69 Å². The second kappa shape index (κ2) is 5.09. The maximum atomic E-state index is 11.7. The lowest BCUT2D eigenvalue weighted by atomic mass is 10.3. The van der Waals surface area contributed by atoms with E-state index in [1.165, 1.54) is 23.1 Å². The summed E-state index contributed by atoms with van der Waals surface area (Å²) in [5, 5.41) is 10.8. The third-order valence-electron chi connectivity index (χ3n) is 1.81. The smallest absolute Gasteiger partial charge is 0.286 e. The Labute approximate surface area is 101 Å². The highest BCUT2D eigenvalue weighted by Gasteiger charge is 2.12. The van der Waals surface area contributed by atoms with E-state index in [1.54, 1.807) is 0 Å². The number of hydrogen-bond donors (Lipinski definition) is 1. The van der Waals surface area contributed by atoms with Crippen molar-refractivity contribution in [2.75, 3.05) is 11.6 Å². The summed E-state index contributed by atoms with van der Waals surface area (Å²) in [5.41, 5.74) is 0.758. The number of carbonyl (C=O) groups is 1. The monoisotopic (exact) mass is 251 g/mol. The van der Waals surface area contributed by atoms with Gasteiger partial charge in [-0.2, -0.15) is 0 Å². The van der Waals surface area contributed by atoms with Gasteiger partial charge in [-0.15, -0.1) is 10.2 Å². The fourth-order valence-electron chi connectivity index (χ4n) is 1.09. The lowest BCUT2D eigenvalue weighted by Crippen LogP contribution is -2.11. The molecular formula is C10H9N3OS2. The summed E-state index contributed by atoms with van der Waals surface area (Å²) in [5.74, 6) is -0.219. The standard InChI is InChI=1S/C10H9N3OS2/c1-15-10-13-12-9(16-10)8(14)11-7-5-3-2-4-6-7/h2-6H,1H3,(H,11,14). The van der Waals surface area contributed by atoms with Crippen molar-refractivity contribution in [2.24, 2.45) is 0 Å². The Morgan fingerprint density at radius 1 is 1.31 bits per heavy atom. The third-order valence-corrected chi connectivity index (χ3v) is 3.70. The Bertz CT molecular complexity index is 484. The zero-order valence-corrected chi connectivity index (χ0v) is 10.1. The highest BCUT2D eigenvalue weighted by Crippen LogP contribution is 2.20. The fraction of sp³-hybridized carbons (Fsp3) is 0.100. The van der Waals surface area contributed by atoms with Gasteiger partial charge >= 0.3 is 0 Å². The molecule has 2 aromatic rings. The third kappa shape index (κ3) is 2.59. The van der Waals surface area contributed by atoms with Crippen LogP contribution in [0.25, 0.3) is 0 Å². The van der Waals surface area contributed by atoms with Gasteiger partial charge in [-0.3, -0.25) is 4.79 Å². The number of carbonyl (C=O) groups excluding carboxylic acids is 1. The molecule has 1 aromatic heterocycles. The van der Waals surface area contributed by atoms with Gasteiger partial charge in [-0.25, -0.2) is 0 Å². The number of anilines is 1. The van der Waals surface area contributed by atoms with E-state index in [0.29, 0.717) is 5.01 Å². The molecule has 0 radical (unpaired) electrons. The number of para-hydroxylation sites is 1. The van der Waals surface area contributed by atoms with Crippen LogP contribution < -0.4 is 5.32 Å². The molecule has 1 N–H and O–H groups in total. The minimum atomic E-state index is -0.219. The van der Waals surface area contributed by atoms with Crippen molar-refractivity contribution in [1.82, 2.24) is 10.2 Å². The van der Waals surface area contributed by atoms with E-state index < -0.39 is 0 Å². The van der Waals surface area contributed by atoms with Crippen LogP contribution in [0.5, 0.6) is 0 Å². The van der Waals surface area contributed by atoms with Gasteiger partial charge in [0.1, 0.15) is 0 Å². The van der Waals surface area contributed by atoms with Gasteiger partial charge < -0.3 is 5.32 Å². The second-order valence-electron chi connectivity index (χ2n) is 2.90. The molecule has 0 unspecified atom stereocenters. The molecule has 0 bridgehead atoms. The summed E-state index contributed by atoms with van der Waals surface area (Å²) in [7, 11) is 0. The summed E-state index contributed by atoms with van der Waals surface area (Å²) < 4.78 is 0.790. The molecule has 0 aliphatic heterocycles. The van der Waals surface area contributed by atoms with Crippen molar-refractivity contribution in [1.29, 1.82) is 0 Å². The number of benzene rings is 1. The minimum absolute atomic E-state index is 0.219. The van der Waals surface area contributed by atoms with Gasteiger partial charge in [0.2, 0.25) is 5.01 Å². The molecule has 0 saturated carbocycles. The first-order valence-electron chi connectivity index (χ1n) is 4.53. The van der Waals surface area contributed by atoms with Crippen molar-refractivity contribution >= 4 is 34.7 Å². The Morgan fingerprint density at radius 3 is 2.69 bits per heavy atom. The van der Waals surface area contributed by atoms with E-state index in [-0.39, 0.29) is 5.91 Å². The highest BCUT2D eigenvalue weighted by atomic mass is 32.2. The molecule has 0 aliphatic carbocycles. The summed E-state index contributed by atoms with van der Waals surface area (Å²) in [4.78, 5) is 11.7. The predicted molar refractivity (Wildman–Crippen MR) is 66.1 cm³/mol. The molecule has 0 aliphatic rings. The molecule has 16 heavy (non-hydrogen) atoms. The van der Waals surface area contributed by atoms with Crippen molar-refractivity contribution in [3.63, 3.8) is 0 Å². The van der Waals surface area contributed by atoms with Crippen LogP contribution in [0.2, 0.25) is 0 Å². The van der Waals surface area contributed by atoms with Crippen molar-refractivity contribution < 1.29 is 4.79 Å². The number of nitrogens with one attached hydrogen (secondary N) is 1. The lowest BCUT2D eigenvalue weighted by molar-refractivity contribution is 0.102. The Morgan fingerprint density at radius 2 is 2.06 bits per heavy atom. The van der Waals surface area contributed by atoms with Crippen LogP contribution in [0.3, 0.4) is 0 Å². The molecule has 1 heterocycles. The number of amides is 1. The first-order valence-corrected chi connectivity index (χ1v) is 6.57. The maximum Gasteiger partial charge on any atom is 0.286 e. The number of nitrogens with zero attached hydrogens (tertiary/aromatic N) is 2. The summed E-state index contributed by atoms with van der Waals surface area (Å²) in [6.07, 6.45) is 1.90. The zero-order chi connectivity index (χ0) is 11.4. The van der Waals surface area contributed by atoms with Crippen molar-refractivity contribution in [3.8, 4) is 0 Å². The van der Waals surface area contributed by atoms with Gasteiger partial charge in [0.15, 0.2) is 4.34 Å². The van der Waals surface area contributed by atoms with Gasteiger partial charge in [-0.05, 0) is 18.4 Å². The highest BCUT2D eigenvalue weighted by molar-refractivity contribution is 8.00. The van der Waals surface area contributed by atoms with Crippen molar-refractivity contribution in [3.05, 3.63) is 35.3 Å².